The molecule has 0 saturated carbocycles. The third-order valence-electron chi connectivity index (χ3n) is 5.79. The van der Waals surface area contributed by atoms with Gasteiger partial charge in [0.2, 0.25) is 0 Å². The van der Waals surface area contributed by atoms with E-state index in [1.165, 1.54) is 19.3 Å². The van der Waals surface area contributed by atoms with Gasteiger partial charge in [0.25, 0.3) is 0 Å². The summed E-state index contributed by atoms with van der Waals surface area (Å²) in [5.74, 6) is -1.49. The summed E-state index contributed by atoms with van der Waals surface area (Å²) in [6.45, 7) is 6.81. The van der Waals surface area contributed by atoms with Crippen molar-refractivity contribution in [2.45, 2.75) is 51.2 Å². The first-order chi connectivity index (χ1) is 15.3. The number of piperidine rings is 1. The van der Waals surface area contributed by atoms with Gasteiger partial charge in [-0.3, -0.25) is 4.90 Å². The molecule has 8 heteroatoms. The summed E-state index contributed by atoms with van der Waals surface area (Å²) in [7, 11) is 0. The van der Waals surface area contributed by atoms with Crippen molar-refractivity contribution < 1.29 is 19.8 Å². The van der Waals surface area contributed by atoms with E-state index < -0.39 is 11.9 Å². The van der Waals surface area contributed by atoms with Gasteiger partial charge in [0, 0.05) is 48.9 Å². The number of hydrogen-bond donors (Lipinski definition) is 2. The number of aromatic nitrogens is 2. The van der Waals surface area contributed by atoms with Crippen LogP contribution < -0.4 is 4.90 Å². The molecule has 1 aromatic carbocycles. The summed E-state index contributed by atoms with van der Waals surface area (Å²) >= 11 is 0. The topological polar surface area (TPSA) is 107 Å². The van der Waals surface area contributed by atoms with Crippen molar-refractivity contribution in [3.05, 3.63) is 54.6 Å². The second-order valence-electron chi connectivity index (χ2n) is 8.34. The van der Waals surface area contributed by atoms with Crippen molar-refractivity contribution in [1.29, 1.82) is 0 Å². The quantitative estimate of drug-likeness (QED) is 0.685. The van der Waals surface area contributed by atoms with Gasteiger partial charge < -0.3 is 15.1 Å². The van der Waals surface area contributed by atoms with Crippen LogP contribution in [0.25, 0.3) is 11.3 Å². The Balaban J connectivity index is 0.000000312. The Bertz CT molecular complexity index is 901. The highest BCUT2D eigenvalue weighted by Gasteiger charge is 2.38. The van der Waals surface area contributed by atoms with Crippen molar-refractivity contribution in [1.82, 2.24) is 15.1 Å². The zero-order valence-electron chi connectivity index (χ0n) is 18.5. The third kappa shape index (κ3) is 6.13. The molecule has 4 rings (SSSR count). The van der Waals surface area contributed by atoms with Gasteiger partial charge in [-0.1, -0.05) is 36.8 Å². The molecular formula is C24H30N4O4. The highest BCUT2D eigenvalue weighted by Crippen LogP contribution is 2.32. The highest BCUT2D eigenvalue weighted by atomic mass is 16.4. The van der Waals surface area contributed by atoms with Crippen LogP contribution in [0.4, 0.5) is 5.82 Å². The number of nitrogens with zero attached hydrogens (tertiary/aromatic N) is 4. The number of fused-ring (bicyclic) bond motifs is 2. The van der Waals surface area contributed by atoms with Crippen LogP contribution in [0.2, 0.25) is 0 Å². The van der Waals surface area contributed by atoms with E-state index in [1.807, 2.05) is 18.2 Å². The Labute approximate surface area is 188 Å². The molecule has 2 unspecified atom stereocenters. The predicted molar refractivity (Wildman–Crippen MR) is 122 cm³/mol. The molecule has 3 heterocycles. The lowest BCUT2D eigenvalue weighted by atomic mass is 9.90. The van der Waals surface area contributed by atoms with Crippen molar-refractivity contribution in [3.8, 4) is 11.3 Å². The second-order valence-corrected chi connectivity index (χ2v) is 8.34. The van der Waals surface area contributed by atoms with Gasteiger partial charge >= 0.3 is 11.9 Å². The maximum atomic E-state index is 9.55. The first-order valence-corrected chi connectivity index (χ1v) is 10.9. The second kappa shape index (κ2) is 10.9. The normalized spacial score (nSPS) is 20.7. The van der Waals surface area contributed by atoms with Gasteiger partial charge in [0.15, 0.2) is 5.82 Å². The van der Waals surface area contributed by atoms with Crippen LogP contribution in [0.5, 0.6) is 0 Å². The fourth-order valence-electron chi connectivity index (χ4n) is 4.57. The zero-order valence-corrected chi connectivity index (χ0v) is 18.5. The van der Waals surface area contributed by atoms with Crippen LogP contribution in [0.15, 0.2) is 54.6 Å². The Hall–Kier alpha value is -3.26. The smallest absolute Gasteiger partial charge is 0.328 e. The summed E-state index contributed by atoms with van der Waals surface area (Å²) < 4.78 is 0. The van der Waals surface area contributed by atoms with Crippen molar-refractivity contribution >= 4 is 17.8 Å². The molecule has 32 heavy (non-hydrogen) atoms. The molecule has 2 bridgehead atoms. The molecule has 2 fully saturated rings. The number of hydrogen-bond acceptors (Lipinski definition) is 6. The van der Waals surface area contributed by atoms with Gasteiger partial charge in [-0.2, -0.15) is 0 Å². The molecule has 2 aromatic rings. The largest absolute Gasteiger partial charge is 0.478 e. The van der Waals surface area contributed by atoms with Gasteiger partial charge in [0.1, 0.15) is 0 Å². The van der Waals surface area contributed by atoms with E-state index in [4.69, 9.17) is 10.2 Å². The van der Waals surface area contributed by atoms with E-state index >= 15 is 0 Å². The molecule has 2 aliphatic heterocycles. The van der Waals surface area contributed by atoms with Crippen molar-refractivity contribution in [3.63, 3.8) is 0 Å². The van der Waals surface area contributed by atoms with Crippen LogP contribution in [-0.4, -0.2) is 68.5 Å². The summed E-state index contributed by atoms with van der Waals surface area (Å²) in [6.07, 6.45) is 5.09. The molecule has 170 valence electrons. The number of carboxylic acid groups (broad SMARTS) is 2. The number of anilines is 1. The summed E-state index contributed by atoms with van der Waals surface area (Å²) in [4.78, 5) is 24.3. The SMILES string of the molecule is CC(C)N1C2CCCC1CN(c1ccc(-c3ccccc3)nn1)C2.O=C(O)/C=C/C(=O)O. The van der Waals surface area contributed by atoms with E-state index in [2.05, 4.69) is 58.1 Å². The number of carboxylic acids is 2. The molecule has 1 aromatic heterocycles. The minimum Gasteiger partial charge on any atom is -0.478 e. The molecule has 0 aliphatic carbocycles. The molecule has 2 atom stereocenters. The number of benzene rings is 1. The molecule has 0 radical (unpaired) electrons. The number of rotatable bonds is 5. The standard InChI is InChI=1S/C20H26N4.C4H4O4/c1-15(2)24-17-9-6-10-18(24)14-23(13-17)20-12-11-19(21-22-20)16-7-4-3-5-8-16;5-3(6)1-2-4(7)8/h3-5,7-8,11-12,15,17-18H,6,9-10,13-14H2,1-2H3;1-2H,(H,5,6)(H,7,8)/b;2-1+. The van der Waals surface area contributed by atoms with Crippen LogP contribution in [0.1, 0.15) is 33.1 Å². The average Bonchev–Trinajstić information content (AvgIpc) is 2.78. The van der Waals surface area contributed by atoms with Gasteiger partial charge in [0.05, 0.1) is 5.69 Å². The summed E-state index contributed by atoms with van der Waals surface area (Å²) in [5, 5.41) is 24.6. The third-order valence-corrected chi connectivity index (χ3v) is 5.79. The molecule has 0 spiro atoms. The Morgan fingerprint density at radius 3 is 2.00 bits per heavy atom. The molecule has 0 amide bonds. The minimum atomic E-state index is -1.26. The number of aliphatic carboxylic acids is 2. The molecule has 2 saturated heterocycles. The highest BCUT2D eigenvalue weighted by molar-refractivity contribution is 5.89. The maximum absolute atomic E-state index is 9.55. The fraction of sp³-hybridized carbons (Fsp3) is 0.417. The summed E-state index contributed by atoms with van der Waals surface area (Å²) in [5.41, 5.74) is 2.07. The monoisotopic (exact) mass is 438 g/mol. The lowest BCUT2D eigenvalue weighted by Gasteiger charge is -2.52. The van der Waals surface area contributed by atoms with Crippen molar-refractivity contribution in [2.75, 3.05) is 18.0 Å². The molecule has 2 aliphatic rings. The van der Waals surface area contributed by atoms with Gasteiger partial charge in [-0.25, -0.2) is 9.59 Å². The van der Waals surface area contributed by atoms with Crippen molar-refractivity contribution in [2.24, 2.45) is 0 Å². The van der Waals surface area contributed by atoms with Crippen LogP contribution in [-0.2, 0) is 9.59 Å². The Morgan fingerprint density at radius 2 is 1.53 bits per heavy atom. The van der Waals surface area contributed by atoms with E-state index in [0.29, 0.717) is 30.3 Å². The lowest BCUT2D eigenvalue weighted by molar-refractivity contribution is -0.134. The first kappa shape index (κ1) is 23.4. The Kier molecular flexibility index (Phi) is 7.94. The van der Waals surface area contributed by atoms with Crippen LogP contribution in [0, 0.1) is 0 Å². The summed E-state index contributed by atoms with van der Waals surface area (Å²) in [6, 6.07) is 16.5. The first-order valence-electron chi connectivity index (χ1n) is 10.9. The molecular weight excluding hydrogens is 408 g/mol. The van der Waals surface area contributed by atoms with Gasteiger partial charge in [-0.15, -0.1) is 10.2 Å². The zero-order chi connectivity index (χ0) is 23.1. The lowest BCUT2D eigenvalue weighted by Crippen LogP contribution is -2.63. The van der Waals surface area contributed by atoms with E-state index in [1.54, 1.807) is 0 Å². The number of piperazine rings is 1. The molecule has 2 N–H and O–H groups in total. The fourth-order valence-corrected chi connectivity index (χ4v) is 4.57. The van der Waals surface area contributed by atoms with Crippen LogP contribution >= 0.6 is 0 Å². The predicted octanol–water partition coefficient (Wildman–Crippen LogP) is 3.31. The number of carbonyl (C=O) groups is 2. The minimum absolute atomic E-state index is 0.558. The van der Waals surface area contributed by atoms with Gasteiger partial charge in [-0.05, 0) is 38.8 Å². The average molecular weight is 439 g/mol. The maximum Gasteiger partial charge on any atom is 0.328 e. The molecule has 8 nitrogen and oxygen atoms in total. The van der Waals surface area contributed by atoms with Crippen LogP contribution in [0.3, 0.4) is 0 Å². The van der Waals surface area contributed by atoms with E-state index in [0.717, 1.165) is 30.2 Å². The van der Waals surface area contributed by atoms with E-state index in [-0.39, 0.29) is 0 Å². The van der Waals surface area contributed by atoms with E-state index in [9.17, 15) is 9.59 Å². The Morgan fingerprint density at radius 1 is 0.938 bits per heavy atom.